The fourth-order valence-corrected chi connectivity index (χ4v) is 2.92. The second-order valence-corrected chi connectivity index (χ2v) is 5.88. The SMILES string of the molecule is CC1CN(C(=O)Cc2nc3ncccn3n2)CC1N(C)C. The summed E-state index contributed by atoms with van der Waals surface area (Å²) < 4.78 is 1.60. The zero-order valence-electron chi connectivity index (χ0n) is 12.6. The van der Waals surface area contributed by atoms with E-state index in [0.29, 0.717) is 23.6 Å². The number of amides is 1. The Bertz CT molecular complexity index is 619. The molecule has 0 aliphatic carbocycles. The molecule has 7 heteroatoms. The number of hydrogen-bond donors (Lipinski definition) is 0. The molecule has 0 radical (unpaired) electrons. The Kier molecular flexibility index (Phi) is 3.59. The molecule has 0 spiro atoms. The Morgan fingerprint density at radius 3 is 2.90 bits per heavy atom. The quantitative estimate of drug-likeness (QED) is 0.800. The van der Waals surface area contributed by atoms with Crippen LogP contribution in [0.1, 0.15) is 12.7 Å². The van der Waals surface area contributed by atoms with Gasteiger partial charge in [-0.3, -0.25) is 4.79 Å². The maximum absolute atomic E-state index is 12.4. The maximum Gasteiger partial charge on any atom is 0.252 e. The number of aromatic nitrogens is 4. The fraction of sp³-hybridized carbons (Fsp3) is 0.571. The van der Waals surface area contributed by atoms with Gasteiger partial charge in [0.05, 0.1) is 6.42 Å². The third kappa shape index (κ3) is 2.73. The summed E-state index contributed by atoms with van der Waals surface area (Å²) >= 11 is 0. The predicted octanol–water partition coefficient (Wildman–Crippen LogP) is 0.0753. The van der Waals surface area contributed by atoms with Gasteiger partial charge in [0.15, 0.2) is 5.82 Å². The van der Waals surface area contributed by atoms with Crippen LogP contribution in [-0.4, -0.2) is 68.5 Å². The van der Waals surface area contributed by atoms with Crippen molar-refractivity contribution in [3.05, 3.63) is 24.3 Å². The molecule has 0 saturated carbocycles. The van der Waals surface area contributed by atoms with Gasteiger partial charge in [-0.1, -0.05) is 6.92 Å². The lowest BCUT2D eigenvalue weighted by molar-refractivity contribution is -0.129. The second-order valence-electron chi connectivity index (χ2n) is 5.88. The van der Waals surface area contributed by atoms with Crippen molar-refractivity contribution < 1.29 is 4.79 Å². The Morgan fingerprint density at radius 2 is 2.24 bits per heavy atom. The molecule has 0 N–H and O–H groups in total. The van der Waals surface area contributed by atoms with Crippen LogP contribution >= 0.6 is 0 Å². The van der Waals surface area contributed by atoms with Gasteiger partial charge in [-0.2, -0.15) is 4.98 Å². The molecule has 1 aliphatic heterocycles. The molecule has 1 saturated heterocycles. The summed E-state index contributed by atoms with van der Waals surface area (Å²) in [5.74, 6) is 1.63. The van der Waals surface area contributed by atoms with E-state index in [-0.39, 0.29) is 12.3 Å². The van der Waals surface area contributed by atoms with Gasteiger partial charge in [0.1, 0.15) is 0 Å². The third-order valence-corrected chi connectivity index (χ3v) is 4.06. The average molecular weight is 288 g/mol. The van der Waals surface area contributed by atoms with E-state index in [2.05, 4.69) is 41.0 Å². The normalized spacial score (nSPS) is 22.4. The first-order valence-electron chi connectivity index (χ1n) is 7.15. The van der Waals surface area contributed by atoms with Crippen molar-refractivity contribution in [1.82, 2.24) is 29.4 Å². The zero-order chi connectivity index (χ0) is 15.0. The molecular weight excluding hydrogens is 268 g/mol. The number of likely N-dealkylation sites (tertiary alicyclic amines) is 1. The molecular formula is C14H20N6O. The van der Waals surface area contributed by atoms with E-state index in [1.807, 2.05) is 4.90 Å². The number of carbonyl (C=O) groups is 1. The van der Waals surface area contributed by atoms with Crippen molar-refractivity contribution >= 4 is 11.7 Å². The lowest BCUT2D eigenvalue weighted by Crippen LogP contribution is -2.36. The molecule has 3 rings (SSSR count). The fourth-order valence-electron chi connectivity index (χ4n) is 2.92. The first-order valence-corrected chi connectivity index (χ1v) is 7.15. The molecule has 0 bridgehead atoms. The van der Waals surface area contributed by atoms with Gasteiger partial charge >= 0.3 is 0 Å². The van der Waals surface area contributed by atoms with Crippen LogP contribution in [-0.2, 0) is 11.2 Å². The van der Waals surface area contributed by atoms with Gasteiger partial charge in [0.2, 0.25) is 5.91 Å². The number of fused-ring (bicyclic) bond motifs is 1. The second kappa shape index (κ2) is 5.40. The van der Waals surface area contributed by atoms with Crippen molar-refractivity contribution in [1.29, 1.82) is 0 Å². The van der Waals surface area contributed by atoms with E-state index >= 15 is 0 Å². The molecule has 2 unspecified atom stereocenters. The average Bonchev–Trinajstić information content (AvgIpc) is 3.01. The lowest BCUT2D eigenvalue weighted by atomic mass is 10.1. The minimum atomic E-state index is 0.0853. The van der Waals surface area contributed by atoms with E-state index in [1.54, 1.807) is 23.0 Å². The van der Waals surface area contributed by atoms with Crippen molar-refractivity contribution in [2.24, 2.45) is 5.92 Å². The van der Waals surface area contributed by atoms with Crippen molar-refractivity contribution in [2.45, 2.75) is 19.4 Å². The van der Waals surface area contributed by atoms with Crippen LogP contribution in [0.3, 0.4) is 0 Å². The molecule has 21 heavy (non-hydrogen) atoms. The summed E-state index contributed by atoms with van der Waals surface area (Å²) in [4.78, 5) is 24.9. The van der Waals surface area contributed by atoms with Crippen molar-refractivity contribution in [3.8, 4) is 0 Å². The number of likely N-dealkylation sites (N-methyl/N-ethyl adjacent to an activating group) is 1. The number of rotatable bonds is 3. The van der Waals surface area contributed by atoms with Crippen LogP contribution in [0, 0.1) is 5.92 Å². The summed E-state index contributed by atoms with van der Waals surface area (Å²) in [7, 11) is 4.12. The van der Waals surface area contributed by atoms with Gasteiger partial charge in [-0.15, -0.1) is 5.10 Å². The Hall–Kier alpha value is -2.02. The zero-order valence-corrected chi connectivity index (χ0v) is 12.6. The van der Waals surface area contributed by atoms with Crippen LogP contribution in [0.4, 0.5) is 0 Å². The van der Waals surface area contributed by atoms with Gasteiger partial charge in [-0.25, -0.2) is 9.50 Å². The number of carbonyl (C=O) groups excluding carboxylic acids is 1. The first-order chi connectivity index (χ1) is 10.0. The highest BCUT2D eigenvalue weighted by molar-refractivity contribution is 5.78. The Labute approximate surface area is 123 Å². The summed E-state index contributed by atoms with van der Waals surface area (Å²) in [6.07, 6.45) is 3.68. The predicted molar refractivity (Wildman–Crippen MR) is 77.7 cm³/mol. The molecule has 1 amide bonds. The minimum Gasteiger partial charge on any atom is -0.340 e. The summed E-state index contributed by atoms with van der Waals surface area (Å²) in [5.41, 5.74) is 0. The highest BCUT2D eigenvalue weighted by Gasteiger charge is 2.33. The topological polar surface area (TPSA) is 66.6 Å². The van der Waals surface area contributed by atoms with E-state index in [9.17, 15) is 4.79 Å². The molecule has 112 valence electrons. The molecule has 0 aromatic carbocycles. The van der Waals surface area contributed by atoms with Gasteiger partial charge < -0.3 is 9.80 Å². The summed E-state index contributed by atoms with van der Waals surface area (Å²) in [5, 5.41) is 4.28. The molecule has 2 atom stereocenters. The third-order valence-electron chi connectivity index (χ3n) is 4.06. The maximum atomic E-state index is 12.4. The summed E-state index contributed by atoms with van der Waals surface area (Å²) in [6, 6.07) is 2.21. The molecule has 2 aromatic rings. The molecule has 3 heterocycles. The van der Waals surface area contributed by atoms with Crippen LogP contribution in [0.5, 0.6) is 0 Å². The highest BCUT2D eigenvalue weighted by atomic mass is 16.2. The monoisotopic (exact) mass is 288 g/mol. The Morgan fingerprint density at radius 1 is 1.43 bits per heavy atom. The van der Waals surface area contributed by atoms with Gasteiger partial charge in [-0.05, 0) is 26.1 Å². The van der Waals surface area contributed by atoms with Gasteiger partial charge in [0.25, 0.3) is 5.78 Å². The lowest BCUT2D eigenvalue weighted by Gasteiger charge is -2.22. The Balaban J connectivity index is 1.69. The minimum absolute atomic E-state index is 0.0853. The van der Waals surface area contributed by atoms with E-state index in [0.717, 1.165) is 13.1 Å². The smallest absolute Gasteiger partial charge is 0.252 e. The van der Waals surface area contributed by atoms with E-state index < -0.39 is 0 Å². The van der Waals surface area contributed by atoms with Crippen LogP contribution < -0.4 is 0 Å². The summed E-state index contributed by atoms with van der Waals surface area (Å²) in [6.45, 7) is 3.76. The van der Waals surface area contributed by atoms with Crippen molar-refractivity contribution in [3.63, 3.8) is 0 Å². The molecule has 1 fully saturated rings. The molecule has 2 aromatic heterocycles. The van der Waals surface area contributed by atoms with E-state index in [1.165, 1.54) is 0 Å². The first kappa shape index (κ1) is 13.9. The molecule has 1 aliphatic rings. The van der Waals surface area contributed by atoms with Gasteiger partial charge in [0, 0.05) is 31.5 Å². The standard InChI is InChI=1S/C14H20N6O/c1-10-8-19(9-11(10)18(2)3)13(21)7-12-16-14-15-5-4-6-20(14)17-12/h4-6,10-11H,7-9H2,1-3H3. The van der Waals surface area contributed by atoms with E-state index in [4.69, 9.17) is 0 Å². The molecule has 7 nitrogen and oxygen atoms in total. The van der Waals surface area contributed by atoms with Crippen molar-refractivity contribution in [2.75, 3.05) is 27.2 Å². The number of hydrogen-bond acceptors (Lipinski definition) is 5. The largest absolute Gasteiger partial charge is 0.340 e. The highest BCUT2D eigenvalue weighted by Crippen LogP contribution is 2.20. The van der Waals surface area contributed by atoms with Crippen LogP contribution in [0.15, 0.2) is 18.5 Å². The number of nitrogens with zero attached hydrogens (tertiary/aromatic N) is 6. The van der Waals surface area contributed by atoms with Crippen LogP contribution in [0.2, 0.25) is 0 Å². The van der Waals surface area contributed by atoms with Crippen LogP contribution in [0.25, 0.3) is 5.78 Å².